The molecular weight excluding hydrogens is 222 g/mol. The smallest absolute Gasteiger partial charge is 0.138 e. The molecule has 2 heterocycles. The molecule has 0 aliphatic rings. The fraction of sp³-hybridized carbons (Fsp3) is 0.417. The molecule has 0 aliphatic heterocycles. The fourth-order valence-corrected chi connectivity index (χ4v) is 2.27. The van der Waals surface area contributed by atoms with Gasteiger partial charge >= 0.3 is 0 Å². The topological polar surface area (TPSA) is 43.3 Å². The minimum atomic E-state index is -0.0598. The number of pyridine rings is 1. The first kappa shape index (κ1) is 11.4. The highest BCUT2D eigenvalue weighted by Gasteiger charge is 2.16. The summed E-state index contributed by atoms with van der Waals surface area (Å²) in [5, 5.41) is 0.679. The van der Waals surface area contributed by atoms with Crippen LogP contribution in [0.25, 0.3) is 5.65 Å². The first-order chi connectivity index (χ1) is 7.52. The number of rotatable bonds is 2. The van der Waals surface area contributed by atoms with E-state index in [1.54, 1.807) is 0 Å². The normalized spacial score (nSPS) is 13.6. The van der Waals surface area contributed by atoms with Crippen molar-refractivity contribution in [1.82, 2.24) is 9.38 Å². The highest BCUT2D eigenvalue weighted by molar-refractivity contribution is 6.30. The molecule has 2 N–H and O–H groups in total. The molecule has 2 rings (SSSR count). The van der Waals surface area contributed by atoms with Gasteiger partial charge in [-0.2, -0.15) is 0 Å². The van der Waals surface area contributed by atoms with E-state index < -0.39 is 0 Å². The van der Waals surface area contributed by atoms with Gasteiger partial charge in [0.15, 0.2) is 0 Å². The van der Waals surface area contributed by atoms with Crippen LogP contribution in [0.3, 0.4) is 0 Å². The van der Waals surface area contributed by atoms with Gasteiger partial charge in [-0.05, 0) is 25.0 Å². The van der Waals surface area contributed by atoms with Crippen LogP contribution in [0.4, 0.5) is 0 Å². The van der Waals surface area contributed by atoms with E-state index in [1.165, 1.54) is 0 Å². The maximum atomic E-state index is 6.35. The van der Waals surface area contributed by atoms with E-state index in [4.69, 9.17) is 17.3 Å². The molecule has 0 aliphatic carbocycles. The van der Waals surface area contributed by atoms with Crippen molar-refractivity contribution >= 4 is 17.2 Å². The molecular formula is C12H16ClN3. The molecule has 2 aromatic rings. The van der Waals surface area contributed by atoms with E-state index >= 15 is 0 Å². The molecule has 0 radical (unpaired) electrons. The number of halogens is 1. The molecule has 1 atom stereocenters. The zero-order valence-corrected chi connectivity index (χ0v) is 10.5. The Morgan fingerprint density at radius 2 is 2.00 bits per heavy atom. The highest BCUT2D eigenvalue weighted by atomic mass is 35.5. The Morgan fingerprint density at radius 3 is 2.56 bits per heavy atom. The largest absolute Gasteiger partial charge is 0.323 e. The number of nitrogens with two attached hydrogens (primary N) is 1. The van der Waals surface area contributed by atoms with E-state index in [1.807, 2.05) is 29.5 Å². The lowest BCUT2D eigenvalue weighted by molar-refractivity contribution is 0.761. The van der Waals surface area contributed by atoms with E-state index in [0.29, 0.717) is 11.1 Å². The van der Waals surface area contributed by atoms with Crippen LogP contribution in [-0.4, -0.2) is 9.38 Å². The fourth-order valence-electron chi connectivity index (χ4n) is 1.82. The van der Waals surface area contributed by atoms with Gasteiger partial charge in [-0.1, -0.05) is 31.5 Å². The second kappa shape index (κ2) is 4.07. The molecule has 0 fully saturated rings. The first-order valence-corrected chi connectivity index (χ1v) is 5.82. The number of hydrogen-bond acceptors (Lipinski definition) is 2. The van der Waals surface area contributed by atoms with Crippen LogP contribution in [-0.2, 0) is 0 Å². The summed E-state index contributed by atoms with van der Waals surface area (Å²) in [5.74, 6) is 0.313. The van der Waals surface area contributed by atoms with Crippen LogP contribution in [0.15, 0.2) is 18.2 Å². The van der Waals surface area contributed by atoms with Crippen molar-refractivity contribution in [2.45, 2.75) is 32.7 Å². The SMILES string of the molecule is CC(C)c1nc2cccc(C(C)N)n2c1Cl. The van der Waals surface area contributed by atoms with Crippen LogP contribution in [0.1, 0.15) is 44.1 Å². The lowest BCUT2D eigenvalue weighted by atomic mass is 10.1. The molecule has 3 nitrogen and oxygen atoms in total. The molecule has 0 bridgehead atoms. The molecule has 0 spiro atoms. The van der Waals surface area contributed by atoms with Crippen LogP contribution in [0, 0.1) is 0 Å². The Labute approximate surface area is 100 Å². The lowest BCUT2D eigenvalue weighted by Crippen LogP contribution is -2.10. The average Bonchev–Trinajstić information content (AvgIpc) is 2.56. The molecule has 0 saturated carbocycles. The zero-order valence-electron chi connectivity index (χ0n) is 9.74. The summed E-state index contributed by atoms with van der Waals surface area (Å²) in [6.45, 7) is 6.11. The van der Waals surface area contributed by atoms with Crippen molar-refractivity contribution in [2.24, 2.45) is 5.73 Å². The third kappa shape index (κ3) is 1.70. The van der Waals surface area contributed by atoms with Crippen molar-refractivity contribution in [3.63, 3.8) is 0 Å². The van der Waals surface area contributed by atoms with Gasteiger partial charge in [0, 0.05) is 11.7 Å². The Balaban J connectivity index is 2.77. The van der Waals surface area contributed by atoms with Crippen molar-refractivity contribution in [1.29, 1.82) is 0 Å². The molecule has 1 unspecified atom stereocenters. The summed E-state index contributed by atoms with van der Waals surface area (Å²) >= 11 is 6.35. The third-order valence-electron chi connectivity index (χ3n) is 2.66. The Bertz CT molecular complexity index is 514. The molecule has 0 saturated heterocycles. The molecule has 0 aromatic carbocycles. The van der Waals surface area contributed by atoms with Gasteiger partial charge in [0.25, 0.3) is 0 Å². The quantitative estimate of drug-likeness (QED) is 0.872. The lowest BCUT2D eigenvalue weighted by Gasteiger charge is -2.09. The summed E-state index contributed by atoms with van der Waals surface area (Å²) in [6.07, 6.45) is 0. The van der Waals surface area contributed by atoms with Crippen LogP contribution in [0.2, 0.25) is 5.15 Å². The van der Waals surface area contributed by atoms with Gasteiger partial charge < -0.3 is 5.73 Å². The van der Waals surface area contributed by atoms with Crippen LogP contribution in [0.5, 0.6) is 0 Å². The number of imidazole rings is 1. The van der Waals surface area contributed by atoms with Crippen LogP contribution >= 0.6 is 11.6 Å². The monoisotopic (exact) mass is 237 g/mol. The minimum Gasteiger partial charge on any atom is -0.323 e. The molecule has 4 heteroatoms. The second-order valence-corrected chi connectivity index (χ2v) is 4.73. The van der Waals surface area contributed by atoms with E-state index in [0.717, 1.165) is 17.0 Å². The van der Waals surface area contributed by atoms with Gasteiger partial charge in [-0.25, -0.2) is 4.98 Å². The van der Waals surface area contributed by atoms with Crippen molar-refractivity contribution in [2.75, 3.05) is 0 Å². The summed E-state index contributed by atoms with van der Waals surface area (Å²) in [7, 11) is 0. The van der Waals surface area contributed by atoms with Gasteiger partial charge in [0.2, 0.25) is 0 Å². The van der Waals surface area contributed by atoms with E-state index in [9.17, 15) is 0 Å². The standard InChI is InChI=1S/C12H16ClN3/c1-7(2)11-12(13)16-9(8(3)14)5-4-6-10(16)15-11/h4-8H,14H2,1-3H3. The molecule has 16 heavy (non-hydrogen) atoms. The number of hydrogen-bond donors (Lipinski definition) is 1. The van der Waals surface area contributed by atoms with Crippen molar-refractivity contribution in [3.8, 4) is 0 Å². The highest BCUT2D eigenvalue weighted by Crippen LogP contribution is 2.27. The predicted molar refractivity (Wildman–Crippen MR) is 66.9 cm³/mol. The van der Waals surface area contributed by atoms with Crippen molar-refractivity contribution in [3.05, 3.63) is 34.7 Å². The van der Waals surface area contributed by atoms with Crippen molar-refractivity contribution < 1.29 is 0 Å². The first-order valence-electron chi connectivity index (χ1n) is 5.44. The minimum absolute atomic E-state index is 0.0598. The number of nitrogens with zero attached hydrogens (tertiary/aromatic N) is 2. The third-order valence-corrected chi connectivity index (χ3v) is 3.02. The Kier molecular flexibility index (Phi) is 2.91. The Hall–Kier alpha value is -1.06. The van der Waals surface area contributed by atoms with Gasteiger partial charge in [-0.15, -0.1) is 0 Å². The second-order valence-electron chi connectivity index (χ2n) is 4.38. The van der Waals surface area contributed by atoms with Gasteiger partial charge in [-0.3, -0.25) is 4.40 Å². The van der Waals surface area contributed by atoms with Gasteiger partial charge in [0.1, 0.15) is 10.8 Å². The summed E-state index contributed by atoms with van der Waals surface area (Å²) in [4.78, 5) is 4.53. The average molecular weight is 238 g/mol. The predicted octanol–water partition coefficient (Wildman–Crippen LogP) is 3.13. The maximum absolute atomic E-state index is 6.35. The summed E-state index contributed by atoms with van der Waals surface area (Å²) < 4.78 is 1.93. The molecule has 2 aromatic heterocycles. The number of aromatic nitrogens is 2. The Morgan fingerprint density at radius 1 is 1.31 bits per heavy atom. The van der Waals surface area contributed by atoms with Crippen LogP contribution < -0.4 is 5.73 Å². The zero-order chi connectivity index (χ0) is 11.9. The molecule has 0 amide bonds. The maximum Gasteiger partial charge on any atom is 0.138 e. The van der Waals surface area contributed by atoms with Gasteiger partial charge in [0.05, 0.1) is 5.69 Å². The summed E-state index contributed by atoms with van der Waals surface area (Å²) in [5.41, 5.74) is 8.70. The molecule has 86 valence electrons. The summed E-state index contributed by atoms with van der Waals surface area (Å²) in [6, 6.07) is 5.83. The van der Waals surface area contributed by atoms with E-state index in [2.05, 4.69) is 18.8 Å². The number of fused-ring (bicyclic) bond motifs is 1. The van der Waals surface area contributed by atoms with E-state index in [-0.39, 0.29) is 6.04 Å².